The molecule has 2 rings (SSSR count). The van der Waals surface area contributed by atoms with Crippen molar-refractivity contribution in [1.82, 2.24) is 10.2 Å². The second-order valence-corrected chi connectivity index (χ2v) is 4.94. The fourth-order valence-electron chi connectivity index (χ4n) is 2.62. The number of nitrogens with zero attached hydrogens (tertiary/aromatic N) is 1. The molecule has 2 amide bonds. The van der Waals surface area contributed by atoms with Crippen LogP contribution in [-0.2, 0) is 9.59 Å². The van der Waals surface area contributed by atoms with Crippen LogP contribution in [0, 0.1) is 5.92 Å². The largest absolute Gasteiger partial charge is 0.355 e. The highest BCUT2D eigenvalue weighted by atomic mass is 16.2. The number of rotatable bonds is 1. The molecule has 2 aliphatic rings. The molecule has 1 N–H and O–H groups in total. The van der Waals surface area contributed by atoms with Gasteiger partial charge in [0.1, 0.15) is 0 Å². The molecule has 0 aliphatic carbocycles. The van der Waals surface area contributed by atoms with Gasteiger partial charge in [0.2, 0.25) is 11.8 Å². The summed E-state index contributed by atoms with van der Waals surface area (Å²) in [4.78, 5) is 25.3. The number of amides is 2. The first-order valence-corrected chi connectivity index (χ1v) is 6.25. The minimum Gasteiger partial charge on any atom is -0.355 e. The van der Waals surface area contributed by atoms with E-state index in [1.54, 1.807) is 0 Å². The van der Waals surface area contributed by atoms with Gasteiger partial charge in [0, 0.05) is 25.6 Å². The summed E-state index contributed by atoms with van der Waals surface area (Å²) >= 11 is 0. The summed E-state index contributed by atoms with van der Waals surface area (Å²) in [6.07, 6.45) is 5.01. The summed E-state index contributed by atoms with van der Waals surface area (Å²) < 4.78 is 0. The Balaban J connectivity index is 1.99. The topological polar surface area (TPSA) is 49.4 Å². The Morgan fingerprint density at radius 3 is 2.88 bits per heavy atom. The van der Waals surface area contributed by atoms with Crippen LogP contribution in [0.25, 0.3) is 0 Å². The molecule has 0 radical (unpaired) electrons. The van der Waals surface area contributed by atoms with E-state index < -0.39 is 0 Å². The Morgan fingerprint density at radius 1 is 1.38 bits per heavy atom. The first kappa shape index (κ1) is 11.4. The van der Waals surface area contributed by atoms with Gasteiger partial charge in [-0.3, -0.25) is 9.59 Å². The Bertz CT molecular complexity index is 291. The second kappa shape index (κ2) is 4.85. The molecular weight excluding hydrogens is 204 g/mol. The van der Waals surface area contributed by atoms with Crippen molar-refractivity contribution >= 4 is 11.8 Å². The summed E-state index contributed by atoms with van der Waals surface area (Å²) in [5.74, 6) is 0.0709. The molecule has 2 heterocycles. The number of likely N-dealkylation sites (tertiary alicyclic amines) is 1. The summed E-state index contributed by atoms with van der Waals surface area (Å²) in [7, 11) is 0. The van der Waals surface area contributed by atoms with E-state index in [2.05, 4.69) is 12.2 Å². The van der Waals surface area contributed by atoms with E-state index >= 15 is 0 Å². The average molecular weight is 224 g/mol. The van der Waals surface area contributed by atoms with Crippen LogP contribution in [0.15, 0.2) is 0 Å². The molecule has 0 aromatic carbocycles. The van der Waals surface area contributed by atoms with Crippen molar-refractivity contribution < 1.29 is 9.59 Å². The van der Waals surface area contributed by atoms with Crippen molar-refractivity contribution in [2.45, 2.75) is 45.1 Å². The summed E-state index contributed by atoms with van der Waals surface area (Å²) in [5, 5.41) is 2.73. The number of hydrogen-bond acceptors (Lipinski definition) is 2. The molecule has 0 bridgehead atoms. The third kappa shape index (κ3) is 2.36. The normalized spacial score (nSPS) is 31.1. The fourth-order valence-corrected chi connectivity index (χ4v) is 2.62. The molecule has 4 heteroatoms. The maximum atomic E-state index is 12.2. The van der Waals surface area contributed by atoms with Crippen LogP contribution < -0.4 is 5.32 Å². The lowest BCUT2D eigenvalue weighted by molar-refractivity contribution is -0.137. The number of nitrogens with one attached hydrogen (secondary N) is 1. The monoisotopic (exact) mass is 224 g/mol. The third-order valence-electron chi connectivity index (χ3n) is 3.66. The molecule has 4 nitrogen and oxygen atoms in total. The molecule has 0 aromatic rings. The van der Waals surface area contributed by atoms with Gasteiger partial charge in [0.15, 0.2) is 0 Å². The van der Waals surface area contributed by atoms with Crippen LogP contribution >= 0.6 is 0 Å². The van der Waals surface area contributed by atoms with Crippen LogP contribution in [0.3, 0.4) is 0 Å². The van der Waals surface area contributed by atoms with E-state index in [0.717, 1.165) is 19.4 Å². The maximum Gasteiger partial charge on any atom is 0.228 e. The fraction of sp³-hybridized carbons (Fsp3) is 0.833. The van der Waals surface area contributed by atoms with E-state index in [0.29, 0.717) is 19.0 Å². The molecule has 2 aliphatic heterocycles. The van der Waals surface area contributed by atoms with Gasteiger partial charge in [-0.1, -0.05) is 12.8 Å². The van der Waals surface area contributed by atoms with E-state index in [9.17, 15) is 9.59 Å². The van der Waals surface area contributed by atoms with Crippen molar-refractivity contribution in [1.29, 1.82) is 0 Å². The zero-order chi connectivity index (χ0) is 11.5. The van der Waals surface area contributed by atoms with Gasteiger partial charge in [-0.2, -0.15) is 0 Å². The Labute approximate surface area is 96.4 Å². The third-order valence-corrected chi connectivity index (χ3v) is 3.66. The van der Waals surface area contributed by atoms with E-state index in [1.807, 2.05) is 4.90 Å². The number of hydrogen-bond donors (Lipinski definition) is 1. The highest BCUT2D eigenvalue weighted by molar-refractivity contribution is 5.89. The predicted octanol–water partition coefficient (Wildman–Crippen LogP) is 0.914. The second-order valence-electron chi connectivity index (χ2n) is 4.94. The Morgan fingerprint density at radius 2 is 2.19 bits per heavy atom. The van der Waals surface area contributed by atoms with Crippen LogP contribution in [0.4, 0.5) is 0 Å². The van der Waals surface area contributed by atoms with Gasteiger partial charge in [-0.15, -0.1) is 0 Å². The van der Waals surface area contributed by atoms with E-state index in [1.165, 1.54) is 12.8 Å². The molecule has 2 unspecified atom stereocenters. The smallest absolute Gasteiger partial charge is 0.228 e. The molecular formula is C12H20N2O2. The lowest BCUT2D eigenvalue weighted by Gasteiger charge is -2.29. The SMILES string of the molecule is CC1CCCCCN1C(=O)C1CNC(=O)C1. The standard InChI is InChI=1S/C12H20N2O2/c1-9-5-3-2-4-6-14(9)12(16)10-7-11(15)13-8-10/h9-10H,2-8H2,1H3,(H,13,15). The van der Waals surface area contributed by atoms with Gasteiger partial charge < -0.3 is 10.2 Å². The molecule has 2 atom stereocenters. The van der Waals surface area contributed by atoms with Gasteiger partial charge in [0.25, 0.3) is 0 Å². The van der Waals surface area contributed by atoms with Crippen LogP contribution in [-0.4, -0.2) is 35.8 Å². The molecule has 0 aromatic heterocycles. The number of carbonyl (C=O) groups is 2. The molecule has 0 spiro atoms. The zero-order valence-electron chi connectivity index (χ0n) is 9.87. The zero-order valence-corrected chi connectivity index (χ0v) is 9.87. The van der Waals surface area contributed by atoms with Crippen LogP contribution in [0.1, 0.15) is 39.0 Å². The first-order valence-electron chi connectivity index (χ1n) is 6.25. The molecule has 90 valence electrons. The van der Waals surface area contributed by atoms with Gasteiger partial charge in [0.05, 0.1) is 5.92 Å². The van der Waals surface area contributed by atoms with Crippen LogP contribution in [0.2, 0.25) is 0 Å². The summed E-state index contributed by atoms with van der Waals surface area (Å²) in [6.45, 7) is 3.51. The summed E-state index contributed by atoms with van der Waals surface area (Å²) in [5.41, 5.74) is 0. The predicted molar refractivity (Wildman–Crippen MR) is 60.8 cm³/mol. The summed E-state index contributed by atoms with van der Waals surface area (Å²) in [6, 6.07) is 0.339. The quantitative estimate of drug-likeness (QED) is 0.720. The lowest BCUT2D eigenvalue weighted by atomic mass is 10.1. The van der Waals surface area contributed by atoms with Crippen molar-refractivity contribution in [2.75, 3.05) is 13.1 Å². The Kier molecular flexibility index (Phi) is 3.46. The Hall–Kier alpha value is -1.06. The van der Waals surface area contributed by atoms with Crippen molar-refractivity contribution in [2.24, 2.45) is 5.92 Å². The molecule has 2 saturated heterocycles. The van der Waals surface area contributed by atoms with Gasteiger partial charge in [-0.05, 0) is 19.8 Å². The van der Waals surface area contributed by atoms with Crippen LogP contribution in [0.5, 0.6) is 0 Å². The molecule has 2 fully saturated rings. The molecule has 16 heavy (non-hydrogen) atoms. The molecule has 0 saturated carbocycles. The van der Waals surface area contributed by atoms with E-state index in [-0.39, 0.29) is 17.7 Å². The van der Waals surface area contributed by atoms with Gasteiger partial charge in [-0.25, -0.2) is 0 Å². The maximum absolute atomic E-state index is 12.2. The van der Waals surface area contributed by atoms with Gasteiger partial charge >= 0.3 is 0 Å². The van der Waals surface area contributed by atoms with Crippen molar-refractivity contribution in [3.05, 3.63) is 0 Å². The number of carbonyl (C=O) groups excluding carboxylic acids is 2. The minimum atomic E-state index is -0.118. The average Bonchev–Trinajstić information content (AvgIpc) is 2.57. The van der Waals surface area contributed by atoms with E-state index in [4.69, 9.17) is 0 Å². The lowest BCUT2D eigenvalue weighted by Crippen LogP contribution is -2.42. The first-order chi connectivity index (χ1) is 7.68. The highest BCUT2D eigenvalue weighted by Gasteiger charge is 2.33. The minimum absolute atomic E-state index is 0.0147. The highest BCUT2D eigenvalue weighted by Crippen LogP contribution is 2.21. The van der Waals surface area contributed by atoms with Crippen molar-refractivity contribution in [3.8, 4) is 0 Å². The van der Waals surface area contributed by atoms with Crippen molar-refractivity contribution in [3.63, 3.8) is 0 Å².